The van der Waals surface area contributed by atoms with Crippen LogP contribution >= 0.6 is 0 Å². The lowest BCUT2D eigenvalue weighted by Crippen LogP contribution is -1.86. The predicted molar refractivity (Wildman–Crippen MR) is 37.0 cm³/mol. The fourth-order valence-corrected chi connectivity index (χ4v) is 0.587. The van der Waals surface area contributed by atoms with Gasteiger partial charge >= 0.3 is 0 Å². The zero-order valence-electron chi connectivity index (χ0n) is 5.23. The van der Waals surface area contributed by atoms with Gasteiger partial charge in [0.05, 0.1) is 6.21 Å². The van der Waals surface area contributed by atoms with Crippen LogP contribution in [0.15, 0.2) is 23.6 Å². The van der Waals surface area contributed by atoms with E-state index in [1.54, 1.807) is 12.3 Å². The second-order valence-electron chi connectivity index (χ2n) is 1.75. The average molecular weight is 134 g/mol. The summed E-state index contributed by atoms with van der Waals surface area (Å²) in [6.45, 7) is 5.46. The number of oxime groups is 1. The fourth-order valence-electron chi connectivity index (χ4n) is 0.587. The Morgan fingerprint density at radius 1 is 1.70 bits per heavy atom. The summed E-state index contributed by atoms with van der Waals surface area (Å²) in [5.41, 5.74) is 1.16. The lowest BCUT2D eigenvalue weighted by atomic mass is 10.2. The third-order valence-corrected chi connectivity index (χ3v) is 1.08. The first-order chi connectivity index (χ1) is 4.84. The molecule has 0 aromatic carbocycles. The Bertz CT molecular complexity index is 245. The molecule has 1 rings (SSSR count). The highest BCUT2D eigenvalue weighted by atomic mass is 16.4. The molecule has 50 valence electrons. The van der Waals surface area contributed by atoms with Gasteiger partial charge in [-0.2, -0.15) is 0 Å². The van der Waals surface area contributed by atoms with Crippen LogP contribution in [0.3, 0.4) is 0 Å². The van der Waals surface area contributed by atoms with E-state index in [0.29, 0.717) is 11.1 Å². The van der Waals surface area contributed by atoms with E-state index in [4.69, 9.17) is 12.1 Å². The summed E-state index contributed by atoms with van der Waals surface area (Å²) in [5.74, 6) is 0. The maximum atomic E-state index is 8.13. The van der Waals surface area contributed by atoms with Gasteiger partial charge in [-0.1, -0.05) is 5.16 Å². The third-order valence-electron chi connectivity index (χ3n) is 1.08. The summed E-state index contributed by atoms with van der Waals surface area (Å²) in [6, 6.07) is 1.64. The van der Waals surface area contributed by atoms with Crippen LogP contribution in [0.2, 0.25) is 0 Å². The van der Waals surface area contributed by atoms with Gasteiger partial charge in [-0.3, -0.25) is 4.98 Å². The molecule has 0 aliphatic carbocycles. The molecule has 0 spiro atoms. The summed E-state index contributed by atoms with van der Waals surface area (Å²) in [4.78, 5) is 3.78. The maximum Gasteiger partial charge on any atom is 0.0752 e. The molecule has 0 saturated carbocycles. The molecule has 1 heterocycles. The molecule has 0 fully saturated rings. The Morgan fingerprint density at radius 2 is 2.50 bits per heavy atom. The minimum Gasteiger partial charge on any atom is -0.411 e. The smallest absolute Gasteiger partial charge is 0.0752 e. The molecule has 0 aliphatic heterocycles. The van der Waals surface area contributed by atoms with Gasteiger partial charge in [0.1, 0.15) is 0 Å². The van der Waals surface area contributed by atoms with Crippen LogP contribution in [0.25, 0.3) is 0 Å². The molecule has 1 aromatic heterocycles. The number of nitrogens with zero attached hydrogens (tertiary/aromatic N) is 2. The predicted octanol–water partition coefficient (Wildman–Crippen LogP) is 0.949. The topological polar surface area (TPSA) is 45.5 Å². The highest BCUT2D eigenvalue weighted by Crippen LogP contribution is 2.00. The van der Waals surface area contributed by atoms with Crippen LogP contribution in [0.1, 0.15) is 11.1 Å². The van der Waals surface area contributed by atoms with Crippen LogP contribution in [0.4, 0.5) is 0 Å². The molecule has 3 heteroatoms. The molecule has 0 bridgehead atoms. The summed E-state index contributed by atoms with van der Waals surface area (Å²) >= 11 is 0. The number of hydrogen-bond donors (Lipinski definition) is 1. The zero-order valence-corrected chi connectivity index (χ0v) is 5.23. The summed E-state index contributed by atoms with van der Waals surface area (Å²) < 4.78 is 0. The van der Waals surface area contributed by atoms with Gasteiger partial charge in [0.2, 0.25) is 0 Å². The largest absolute Gasteiger partial charge is 0.411 e. The standard InChI is InChI=1S/C7H6N2O/c1-6-2-3-8-4-7(6)5-9-10/h1-5,10H/b9-5+. The summed E-state index contributed by atoms with van der Waals surface area (Å²) in [7, 11) is 0. The molecule has 1 aromatic rings. The highest BCUT2D eigenvalue weighted by Gasteiger charge is 1.91. The van der Waals surface area contributed by atoms with Crippen molar-refractivity contribution in [1.82, 2.24) is 4.98 Å². The van der Waals surface area contributed by atoms with E-state index in [1.807, 2.05) is 0 Å². The molecule has 0 amide bonds. The van der Waals surface area contributed by atoms with E-state index >= 15 is 0 Å². The molecular formula is C7H6N2O. The quantitative estimate of drug-likeness (QED) is 0.353. The van der Waals surface area contributed by atoms with Crippen LogP contribution in [0, 0.1) is 6.92 Å². The Labute approximate surface area is 59.0 Å². The molecule has 0 atom stereocenters. The lowest BCUT2D eigenvalue weighted by molar-refractivity contribution is 0.322. The first-order valence-electron chi connectivity index (χ1n) is 2.71. The minimum atomic E-state index is 0.549. The minimum absolute atomic E-state index is 0.549. The monoisotopic (exact) mass is 134 g/mol. The number of aromatic nitrogens is 1. The molecule has 10 heavy (non-hydrogen) atoms. The van der Waals surface area contributed by atoms with Crippen molar-refractivity contribution in [2.45, 2.75) is 0 Å². The fraction of sp³-hybridized carbons (Fsp3) is 0. The van der Waals surface area contributed by atoms with Crippen molar-refractivity contribution in [3.63, 3.8) is 0 Å². The van der Waals surface area contributed by atoms with E-state index in [9.17, 15) is 0 Å². The van der Waals surface area contributed by atoms with Gasteiger partial charge in [0, 0.05) is 18.0 Å². The summed E-state index contributed by atoms with van der Waals surface area (Å²) in [5, 5.41) is 11.0. The average Bonchev–Trinajstić information content (AvgIpc) is 1.94. The van der Waals surface area contributed by atoms with E-state index in [2.05, 4.69) is 10.1 Å². The number of hydrogen-bond acceptors (Lipinski definition) is 3. The highest BCUT2D eigenvalue weighted by molar-refractivity contribution is 5.80. The Hall–Kier alpha value is -1.38. The normalized spacial score (nSPS) is 10.5. The van der Waals surface area contributed by atoms with Gasteiger partial charge in [-0.25, -0.2) is 0 Å². The van der Waals surface area contributed by atoms with Crippen molar-refractivity contribution < 1.29 is 5.21 Å². The van der Waals surface area contributed by atoms with Crippen LogP contribution in [-0.4, -0.2) is 16.4 Å². The zero-order chi connectivity index (χ0) is 7.40. The number of pyridine rings is 1. The van der Waals surface area contributed by atoms with E-state index in [1.165, 1.54) is 12.4 Å². The van der Waals surface area contributed by atoms with Gasteiger partial charge in [-0.15, -0.1) is 0 Å². The summed E-state index contributed by atoms with van der Waals surface area (Å²) in [6.07, 6.45) is 4.33. The Kier molecular flexibility index (Phi) is 1.99. The molecule has 1 N–H and O–H groups in total. The van der Waals surface area contributed by atoms with E-state index < -0.39 is 0 Å². The number of rotatable bonds is 1. The second-order valence-corrected chi connectivity index (χ2v) is 1.75. The van der Waals surface area contributed by atoms with Crippen LogP contribution in [0.5, 0.6) is 0 Å². The van der Waals surface area contributed by atoms with Crippen LogP contribution in [-0.2, 0) is 0 Å². The van der Waals surface area contributed by atoms with Crippen molar-refractivity contribution in [3.05, 3.63) is 36.5 Å². The Balaban J connectivity index is 3.03. The molecular weight excluding hydrogens is 128 g/mol. The van der Waals surface area contributed by atoms with Crippen molar-refractivity contribution in [2.24, 2.45) is 5.16 Å². The van der Waals surface area contributed by atoms with E-state index in [0.717, 1.165) is 0 Å². The van der Waals surface area contributed by atoms with Gasteiger partial charge in [-0.05, 0) is 18.6 Å². The molecule has 2 radical (unpaired) electrons. The van der Waals surface area contributed by atoms with Crippen molar-refractivity contribution in [3.8, 4) is 0 Å². The van der Waals surface area contributed by atoms with Crippen molar-refractivity contribution in [1.29, 1.82) is 0 Å². The lowest BCUT2D eigenvalue weighted by Gasteiger charge is -1.93. The van der Waals surface area contributed by atoms with Gasteiger partial charge in [0.25, 0.3) is 0 Å². The maximum absolute atomic E-state index is 8.13. The van der Waals surface area contributed by atoms with Crippen LogP contribution < -0.4 is 0 Å². The second kappa shape index (κ2) is 2.96. The van der Waals surface area contributed by atoms with Crippen molar-refractivity contribution >= 4 is 6.21 Å². The SMILES string of the molecule is [CH]c1ccncc1/C=N/O. The van der Waals surface area contributed by atoms with Gasteiger partial charge in [0.15, 0.2) is 0 Å². The molecule has 0 saturated heterocycles. The van der Waals surface area contributed by atoms with E-state index in [-0.39, 0.29) is 0 Å². The first kappa shape index (κ1) is 6.74. The van der Waals surface area contributed by atoms with Gasteiger partial charge < -0.3 is 5.21 Å². The molecule has 3 nitrogen and oxygen atoms in total. The third kappa shape index (κ3) is 1.31. The van der Waals surface area contributed by atoms with Crippen molar-refractivity contribution in [2.75, 3.05) is 0 Å². The molecule has 0 aliphatic rings. The first-order valence-corrected chi connectivity index (χ1v) is 2.71. The molecule has 0 unspecified atom stereocenters. The Morgan fingerprint density at radius 3 is 3.10 bits per heavy atom.